The molecule has 0 fully saturated rings. The van der Waals surface area contributed by atoms with E-state index < -0.39 is 6.10 Å². The van der Waals surface area contributed by atoms with Crippen LogP contribution in [0.2, 0.25) is 0 Å². The van der Waals surface area contributed by atoms with E-state index in [2.05, 4.69) is 0 Å². The van der Waals surface area contributed by atoms with Crippen molar-refractivity contribution in [3.63, 3.8) is 0 Å². The summed E-state index contributed by atoms with van der Waals surface area (Å²) in [5.41, 5.74) is 0. The summed E-state index contributed by atoms with van der Waals surface area (Å²) in [6.45, 7) is 3.96. The summed E-state index contributed by atoms with van der Waals surface area (Å²) in [6, 6.07) is 0. The topological polar surface area (TPSA) is 71.1 Å². The summed E-state index contributed by atoms with van der Waals surface area (Å²) in [5.74, 6) is -0.568. The maximum atomic E-state index is 11.2. The van der Waals surface area contributed by atoms with Crippen LogP contribution in [-0.2, 0) is 28.5 Å². The molecule has 0 aliphatic carbocycles. The zero-order valence-electron chi connectivity index (χ0n) is 12.0. The fourth-order valence-corrected chi connectivity index (χ4v) is 1.23. The quantitative estimate of drug-likeness (QED) is 0.422. The molecule has 19 heavy (non-hydrogen) atoms. The molecule has 0 radical (unpaired) electrons. The van der Waals surface area contributed by atoms with Gasteiger partial charge in [-0.1, -0.05) is 13.8 Å². The Kier molecular flexibility index (Phi) is 11.2. The Morgan fingerprint density at radius 3 is 1.79 bits per heavy atom. The van der Waals surface area contributed by atoms with Crippen LogP contribution in [0.15, 0.2) is 0 Å². The van der Waals surface area contributed by atoms with Gasteiger partial charge >= 0.3 is 11.9 Å². The molecule has 0 unspecified atom stereocenters. The molecule has 0 aromatic carbocycles. The molecule has 0 aliphatic rings. The van der Waals surface area contributed by atoms with E-state index >= 15 is 0 Å². The zero-order chi connectivity index (χ0) is 14.5. The Morgan fingerprint density at radius 1 is 0.947 bits per heavy atom. The van der Waals surface area contributed by atoms with Crippen molar-refractivity contribution in [2.75, 3.05) is 27.1 Å². The smallest absolute Gasteiger partial charge is 0.305 e. The van der Waals surface area contributed by atoms with Gasteiger partial charge in [-0.2, -0.15) is 0 Å². The highest BCUT2D eigenvalue weighted by Gasteiger charge is 2.15. The van der Waals surface area contributed by atoms with Crippen molar-refractivity contribution in [3.05, 3.63) is 0 Å². The van der Waals surface area contributed by atoms with Crippen LogP contribution in [0, 0.1) is 0 Å². The highest BCUT2D eigenvalue weighted by atomic mass is 16.7. The van der Waals surface area contributed by atoms with E-state index in [1.54, 1.807) is 0 Å². The minimum absolute atomic E-state index is 0.0569. The lowest BCUT2D eigenvalue weighted by molar-refractivity contribution is -0.162. The van der Waals surface area contributed by atoms with Crippen molar-refractivity contribution < 1.29 is 28.5 Å². The Morgan fingerprint density at radius 2 is 1.42 bits per heavy atom. The van der Waals surface area contributed by atoms with E-state index in [1.165, 1.54) is 7.11 Å². The van der Waals surface area contributed by atoms with Crippen LogP contribution >= 0.6 is 0 Å². The van der Waals surface area contributed by atoms with Crippen molar-refractivity contribution in [1.29, 1.82) is 0 Å². The third-order valence-corrected chi connectivity index (χ3v) is 2.19. The van der Waals surface area contributed by atoms with Crippen LogP contribution in [0.3, 0.4) is 0 Å². The molecule has 0 atom stereocenters. The Labute approximate surface area is 114 Å². The van der Waals surface area contributed by atoms with E-state index in [9.17, 15) is 9.59 Å². The number of hydrogen-bond donors (Lipinski definition) is 0. The van der Waals surface area contributed by atoms with Crippen molar-refractivity contribution in [1.82, 2.24) is 0 Å². The fraction of sp³-hybridized carbons (Fsp3) is 0.846. The molecule has 0 bridgehead atoms. The van der Waals surface area contributed by atoms with Gasteiger partial charge in [0.15, 0.2) is 0 Å². The number of ether oxygens (including phenoxy) is 4. The SMILES string of the molecule is CCCC(=O)OCC(COC(=O)CCC)OCOC. The Hall–Kier alpha value is -1.14. The molecule has 0 N–H and O–H groups in total. The molecule has 0 aromatic rings. The molecule has 0 amide bonds. The molecule has 0 spiro atoms. The lowest BCUT2D eigenvalue weighted by Gasteiger charge is -2.17. The van der Waals surface area contributed by atoms with Gasteiger partial charge in [-0.25, -0.2) is 0 Å². The van der Waals surface area contributed by atoms with Gasteiger partial charge in [0.2, 0.25) is 0 Å². The summed E-state index contributed by atoms with van der Waals surface area (Å²) in [6.07, 6.45) is 1.70. The molecule has 0 aliphatic heterocycles. The van der Waals surface area contributed by atoms with E-state index in [-0.39, 0.29) is 31.9 Å². The zero-order valence-corrected chi connectivity index (χ0v) is 12.0. The second kappa shape index (κ2) is 11.9. The van der Waals surface area contributed by atoms with Gasteiger partial charge in [0.05, 0.1) is 0 Å². The summed E-state index contributed by atoms with van der Waals surface area (Å²) in [4.78, 5) is 22.5. The molecule has 0 heterocycles. The second-order valence-corrected chi connectivity index (χ2v) is 4.06. The van der Waals surface area contributed by atoms with E-state index in [1.807, 2.05) is 13.8 Å². The molecule has 0 saturated heterocycles. The van der Waals surface area contributed by atoms with E-state index in [4.69, 9.17) is 18.9 Å². The predicted molar refractivity (Wildman–Crippen MR) is 68.5 cm³/mol. The maximum Gasteiger partial charge on any atom is 0.305 e. The number of hydrogen-bond acceptors (Lipinski definition) is 6. The largest absolute Gasteiger partial charge is 0.463 e. The summed E-state index contributed by atoms with van der Waals surface area (Å²) < 4.78 is 20.1. The van der Waals surface area contributed by atoms with Crippen LogP contribution in [0.4, 0.5) is 0 Å². The standard InChI is InChI=1S/C13H24O6/c1-4-6-12(14)17-8-11(19-10-16-3)9-18-13(15)7-5-2/h11H,4-10H2,1-3H3. The maximum absolute atomic E-state index is 11.2. The highest BCUT2D eigenvalue weighted by Crippen LogP contribution is 2.00. The lowest BCUT2D eigenvalue weighted by Crippen LogP contribution is -2.29. The number of methoxy groups -OCH3 is 1. The third-order valence-electron chi connectivity index (χ3n) is 2.19. The average molecular weight is 276 g/mol. The first-order valence-corrected chi connectivity index (χ1v) is 6.55. The van der Waals surface area contributed by atoms with E-state index in [0.29, 0.717) is 12.8 Å². The lowest BCUT2D eigenvalue weighted by atomic mass is 10.3. The number of rotatable bonds is 11. The molecule has 0 rings (SSSR count). The highest BCUT2D eigenvalue weighted by molar-refractivity contribution is 5.69. The van der Waals surface area contributed by atoms with Gasteiger partial charge in [0.25, 0.3) is 0 Å². The number of carbonyl (C=O) groups is 2. The van der Waals surface area contributed by atoms with Crippen molar-refractivity contribution >= 4 is 11.9 Å². The van der Waals surface area contributed by atoms with Gasteiger partial charge in [-0.15, -0.1) is 0 Å². The molecule has 6 nitrogen and oxygen atoms in total. The normalized spacial score (nSPS) is 10.5. The first-order chi connectivity index (χ1) is 9.13. The van der Waals surface area contributed by atoms with Crippen LogP contribution in [0.5, 0.6) is 0 Å². The minimum atomic E-state index is -0.499. The monoisotopic (exact) mass is 276 g/mol. The van der Waals surface area contributed by atoms with Crippen LogP contribution in [0.25, 0.3) is 0 Å². The number of carbonyl (C=O) groups excluding carboxylic acids is 2. The third kappa shape index (κ3) is 10.5. The van der Waals surface area contributed by atoms with Crippen molar-refractivity contribution in [2.24, 2.45) is 0 Å². The van der Waals surface area contributed by atoms with Crippen LogP contribution < -0.4 is 0 Å². The van der Waals surface area contributed by atoms with Gasteiger partial charge in [-0.3, -0.25) is 9.59 Å². The second-order valence-electron chi connectivity index (χ2n) is 4.06. The van der Waals surface area contributed by atoms with E-state index in [0.717, 1.165) is 12.8 Å². The fourth-order valence-electron chi connectivity index (χ4n) is 1.23. The molecular formula is C13H24O6. The van der Waals surface area contributed by atoms with Crippen molar-refractivity contribution in [3.8, 4) is 0 Å². The first-order valence-electron chi connectivity index (χ1n) is 6.55. The van der Waals surface area contributed by atoms with Gasteiger partial charge in [0.1, 0.15) is 26.1 Å². The summed E-state index contributed by atoms with van der Waals surface area (Å²) in [7, 11) is 1.49. The first kappa shape index (κ1) is 17.9. The molecular weight excluding hydrogens is 252 g/mol. The molecule has 6 heteroatoms. The average Bonchev–Trinajstić information content (AvgIpc) is 2.38. The summed E-state index contributed by atoms with van der Waals surface area (Å²) >= 11 is 0. The molecule has 0 saturated carbocycles. The number of esters is 2. The van der Waals surface area contributed by atoms with Gasteiger partial charge in [0, 0.05) is 20.0 Å². The Balaban J connectivity index is 4.00. The predicted octanol–water partition coefficient (Wildman–Crippen LogP) is 1.66. The van der Waals surface area contributed by atoms with Crippen LogP contribution in [0.1, 0.15) is 39.5 Å². The van der Waals surface area contributed by atoms with Crippen molar-refractivity contribution in [2.45, 2.75) is 45.6 Å². The Bertz CT molecular complexity index is 232. The molecule has 112 valence electrons. The summed E-state index contributed by atoms with van der Waals surface area (Å²) in [5, 5.41) is 0. The van der Waals surface area contributed by atoms with Crippen LogP contribution in [-0.4, -0.2) is 45.2 Å². The molecule has 0 aromatic heterocycles. The van der Waals surface area contributed by atoms with Gasteiger partial charge in [-0.05, 0) is 12.8 Å². The minimum Gasteiger partial charge on any atom is -0.463 e. The van der Waals surface area contributed by atoms with Gasteiger partial charge < -0.3 is 18.9 Å².